The van der Waals surface area contributed by atoms with Gasteiger partial charge in [0.15, 0.2) is 0 Å². The summed E-state index contributed by atoms with van der Waals surface area (Å²) in [6.45, 7) is 1.94. The van der Waals surface area contributed by atoms with E-state index in [2.05, 4.69) is 91.0 Å². The third-order valence-corrected chi connectivity index (χ3v) is 5.49. The van der Waals surface area contributed by atoms with Crippen LogP contribution in [0.15, 0.2) is 91.0 Å². The minimum Gasteiger partial charge on any atom is -0.550 e. The molecular formula is C22H21O4PPd. The summed E-state index contributed by atoms with van der Waals surface area (Å²) in [5.41, 5.74) is 0. The van der Waals surface area contributed by atoms with Crippen molar-refractivity contribution in [2.24, 2.45) is 0 Å². The predicted octanol–water partition coefficient (Wildman–Crippen LogP) is 0.955. The molecule has 0 atom stereocenters. The Balaban J connectivity index is 0.000000697. The molecular weight excluding hydrogens is 466 g/mol. The van der Waals surface area contributed by atoms with Crippen molar-refractivity contribution in [3.05, 3.63) is 91.0 Å². The number of carbonyl (C=O) groups excluding carboxylic acids is 2. The first-order valence-corrected chi connectivity index (χ1v) is 9.56. The van der Waals surface area contributed by atoms with Gasteiger partial charge in [-0.3, -0.25) is 0 Å². The molecule has 0 heterocycles. The van der Waals surface area contributed by atoms with E-state index in [1.54, 1.807) is 0 Å². The summed E-state index contributed by atoms with van der Waals surface area (Å²) in [6, 6.07) is 32.3. The summed E-state index contributed by atoms with van der Waals surface area (Å²) in [4.78, 5) is 17.8. The Hall–Kier alpha value is -2.31. The third-order valence-electron chi connectivity index (χ3n) is 3.04. The Bertz CT molecular complexity index is 698. The Labute approximate surface area is 180 Å². The van der Waals surface area contributed by atoms with E-state index in [0.717, 1.165) is 13.8 Å². The molecule has 4 nitrogen and oxygen atoms in total. The van der Waals surface area contributed by atoms with Crippen LogP contribution in [-0.4, -0.2) is 11.9 Å². The molecule has 6 heteroatoms. The third kappa shape index (κ3) is 10.7. The van der Waals surface area contributed by atoms with Gasteiger partial charge in [0.25, 0.3) is 0 Å². The van der Waals surface area contributed by atoms with Crippen molar-refractivity contribution in [3.8, 4) is 0 Å². The maximum absolute atomic E-state index is 8.89. The van der Waals surface area contributed by atoms with Crippen molar-refractivity contribution in [2.45, 2.75) is 13.8 Å². The second-order valence-corrected chi connectivity index (χ2v) is 7.55. The van der Waals surface area contributed by atoms with Gasteiger partial charge in [-0.2, -0.15) is 0 Å². The second kappa shape index (κ2) is 14.7. The smallest absolute Gasteiger partial charge is 0.550 e. The number of carboxylic acids is 2. The van der Waals surface area contributed by atoms with Gasteiger partial charge in [-0.25, -0.2) is 0 Å². The summed E-state index contributed by atoms with van der Waals surface area (Å²) < 4.78 is 0. The zero-order valence-corrected chi connectivity index (χ0v) is 18.0. The fourth-order valence-electron chi connectivity index (χ4n) is 2.18. The first kappa shape index (κ1) is 25.7. The van der Waals surface area contributed by atoms with Crippen molar-refractivity contribution in [3.63, 3.8) is 0 Å². The molecule has 0 aromatic heterocycles. The number of carbonyl (C=O) groups is 2. The molecule has 0 amide bonds. The van der Waals surface area contributed by atoms with E-state index < -0.39 is 19.9 Å². The van der Waals surface area contributed by atoms with Gasteiger partial charge in [0.05, 0.1) is 0 Å². The number of hydrogen-bond acceptors (Lipinski definition) is 4. The van der Waals surface area contributed by atoms with E-state index in [1.807, 2.05) is 0 Å². The largest absolute Gasteiger partial charge is 2.00 e. The van der Waals surface area contributed by atoms with E-state index in [9.17, 15) is 0 Å². The number of hydrogen-bond donors (Lipinski definition) is 0. The molecule has 0 radical (unpaired) electrons. The van der Waals surface area contributed by atoms with Crippen LogP contribution in [0.3, 0.4) is 0 Å². The number of carboxylic acid groups (broad SMARTS) is 2. The van der Waals surface area contributed by atoms with E-state index in [0.29, 0.717) is 0 Å². The Morgan fingerprint density at radius 2 is 0.750 bits per heavy atom. The summed E-state index contributed by atoms with van der Waals surface area (Å²) >= 11 is 0. The molecule has 0 fully saturated rings. The van der Waals surface area contributed by atoms with Crippen LogP contribution in [0.4, 0.5) is 0 Å². The van der Waals surface area contributed by atoms with Gasteiger partial charge in [0, 0.05) is 11.9 Å². The van der Waals surface area contributed by atoms with Gasteiger partial charge in [0.1, 0.15) is 0 Å². The molecule has 148 valence electrons. The number of aliphatic carboxylic acids is 2. The molecule has 0 saturated heterocycles. The van der Waals surface area contributed by atoms with E-state index in [4.69, 9.17) is 19.8 Å². The van der Waals surface area contributed by atoms with Crippen LogP contribution in [0.1, 0.15) is 13.8 Å². The van der Waals surface area contributed by atoms with Gasteiger partial charge < -0.3 is 19.8 Å². The fraction of sp³-hybridized carbons (Fsp3) is 0.0909. The molecule has 0 saturated carbocycles. The topological polar surface area (TPSA) is 80.3 Å². The van der Waals surface area contributed by atoms with E-state index in [-0.39, 0.29) is 20.4 Å². The van der Waals surface area contributed by atoms with Crippen molar-refractivity contribution in [2.75, 3.05) is 0 Å². The van der Waals surface area contributed by atoms with Crippen LogP contribution in [0.25, 0.3) is 0 Å². The molecule has 3 rings (SSSR count). The fourth-order valence-corrected chi connectivity index (χ4v) is 4.48. The quantitative estimate of drug-likeness (QED) is 0.408. The van der Waals surface area contributed by atoms with Crippen molar-refractivity contribution < 1.29 is 40.2 Å². The van der Waals surface area contributed by atoms with E-state index >= 15 is 0 Å². The van der Waals surface area contributed by atoms with Crippen molar-refractivity contribution >= 4 is 35.8 Å². The Morgan fingerprint density at radius 3 is 0.929 bits per heavy atom. The van der Waals surface area contributed by atoms with Crippen LogP contribution in [0.2, 0.25) is 0 Å². The monoisotopic (exact) mass is 486 g/mol. The Kier molecular flexibility index (Phi) is 13.5. The molecule has 0 aliphatic carbocycles. The molecule has 3 aromatic rings. The maximum atomic E-state index is 8.89. The Morgan fingerprint density at radius 1 is 0.571 bits per heavy atom. The standard InChI is InChI=1S/C18H15P.2C2H4O2.Pd/c1-4-10-16(11-5-1)19(17-12-6-2-7-13-17)18-14-8-3-9-15-18;2*1-2(3)4;/h1-15H;2*1H3,(H,3,4);/q;;;+2/p-2. The van der Waals surface area contributed by atoms with Gasteiger partial charge in [-0.1, -0.05) is 91.0 Å². The van der Waals surface area contributed by atoms with Crippen LogP contribution in [0.5, 0.6) is 0 Å². The summed E-state index contributed by atoms with van der Waals surface area (Å²) in [7, 11) is -0.446. The molecule has 0 bridgehead atoms. The first-order valence-electron chi connectivity index (χ1n) is 8.22. The van der Waals surface area contributed by atoms with Crippen LogP contribution < -0.4 is 26.1 Å². The van der Waals surface area contributed by atoms with Crippen LogP contribution >= 0.6 is 7.92 Å². The maximum Gasteiger partial charge on any atom is 2.00 e. The molecule has 0 aliphatic rings. The van der Waals surface area contributed by atoms with Crippen LogP contribution in [-0.2, 0) is 30.0 Å². The number of rotatable bonds is 3. The second-order valence-electron chi connectivity index (χ2n) is 5.33. The van der Waals surface area contributed by atoms with E-state index in [1.165, 1.54) is 15.9 Å². The predicted molar refractivity (Wildman–Crippen MR) is 107 cm³/mol. The summed E-state index contributed by atoms with van der Waals surface area (Å²) in [5, 5.41) is 22.0. The summed E-state index contributed by atoms with van der Waals surface area (Å²) in [6.07, 6.45) is 0. The molecule has 0 unspecified atom stereocenters. The summed E-state index contributed by atoms with van der Waals surface area (Å²) in [5.74, 6) is -2.17. The molecule has 0 N–H and O–H groups in total. The van der Waals surface area contributed by atoms with Crippen molar-refractivity contribution in [1.29, 1.82) is 0 Å². The zero-order chi connectivity index (χ0) is 20.1. The molecule has 28 heavy (non-hydrogen) atoms. The average molecular weight is 487 g/mol. The number of benzene rings is 3. The van der Waals surface area contributed by atoms with Crippen molar-refractivity contribution in [1.82, 2.24) is 0 Å². The normalized spacial score (nSPS) is 8.96. The molecule has 3 aromatic carbocycles. The average Bonchev–Trinajstić information content (AvgIpc) is 2.64. The first-order chi connectivity index (χ1) is 12.9. The SMILES string of the molecule is CC(=O)[O-].CC(=O)[O-].[Pd+2].c1ccc(P(c2ccccc2)c2ccccc2)cc1. The zero-order valence-electron chi connectivity index (χ0n) is 15.6. The van der Waals surface area contributed by atoms with Gasteiger partial charge in [-0.15, -0.1) is 0 Å². The van der Waals surface area contributed by atoms with Gasteiger partial charge in [-0.05, 0) is 37.7 Å². The minimum absolute atomic E-state index is 0. The van der Waals surface area contributed by atoms with Gasteiger partial charge in [0.2, 0.25) is 0 Å². The molecule has 0 spiro atoms. The van der Waals surface area contributed by atoms with Gasteiger partial charge >= 0.3 is 20.4 Å². The minimum atomic E-state index is -1.08. The van der Waals surface area contributed by atoms with Crippen LogP contribution in [0, 0.1) is 0 Å². The molecule has 0 aliphatic heterocycles.